The first-order chi connectivity index (χ1) is 6.88. The van der Waals surface area contributed by atoms with Gasteiger partial charge in [-0.25, -0.2) is 4.98 Å². The number of benzene rings is 1. The highest BCUT2D eigenvalue weighted by Gasteiger charge is 1.88. The van der Waals surface area contributed by atoms with Crippen LogP contribution in [0.2, 0.25) is 0 Å². The van der Waals surface area contributed by atoms with Crippen molar-refractivity contribution in [3.8, 4) is 0 Å². The second kappa shape index (κ2) is 6.44. The van der Waals surface area contributed by atoms with Crippen LogP contribution in [0.25, 0.3) is 11.0 Å². The van der Waals surface area contributed by atoms with Gasteiger partial charge in [-0.2, -0.15) is 0 Å². The highest BCUT2D eigenvalue weighted by molar-refractivity contribution is 6.17. The van der Waals surface area contributed by atoms with Gasteiger partial charge in [0.1, 0.15) is 0 Å². The van der Waals surface area contributed by atoms with E-state index in [1.165, 1.54) is 6.42 Å². The van der Waals surface area contributed by atoms with Crippen LogP contribution in [0.5, 0.6) is 0 Å². The normalized spacial score (nSPS) is 9.57. The van der Waals surface area contributed by atoms with E-state index in [9.17, 15) is 0 Å². The highest BCUT2D eigenvalue weighted by Crippen LogP contribution is 2.05. The minimum atomic E-state index is 0.816. The summed E-state index contributed by atoms with van der Waals surface area (Å²) in [5.74, 6) is 0.816. The number of rotatable bonds is 2. The molecule has 0 unspecified atom stereocenters. The summed E-state index contributed by atoms with van der Waals surface area (Å²) in [6.45, 7) is 2.13. The summed E-state index contributed by atoms with van der Waals surface area (Å²) in [5, 5.41) is 0. The topological polar surface area (TPSA) is 28.7 Å². The summed E-state index contributed by atoms with van der Waals surface area (Å²) in [6, 6.07) is 7.94. The Hall–Kier alpha value is -1.02. The molecule has 0 atom stereocenters. The van der Waals surface area contributed by atoms with E-state index in [0.29, 0.717) is 0 Å². The Bertz CT molecular complexity index is 325. The lowest BCUT2D eigenvalue weighted by Crippen LogP contribution is -1.65. The zero-order valence-electron chi connectivity index (χ0n) is 8.33. The van der Waals surface area contributed by atoms with Crippen molar-refractivity contribution in [2.45, 2.75) is 19.8 Å². The molecule has 0 aliphatic rings. The van der Waals surface area contributed by atoms with E-state index in [1.807, 2.05) is 24.3 Å². The summed E-state index contributed by atoms with van der Waals surface area (Å²) in [5.41, 5.74) is 2.12. The number of unbranched alkanes of at least 4 members (excludes halogenated alkanes) is 1. The first-order valence-electron chi connectivity index (χ1n) is 4.82. The third kappa shape index (κ3) is 3.38. The molecule has 0 radical (unpaired) electrons. The van der Waals surface area contributed by atoms with Gasteiger partial charge in [0.15, 0.2) is 0 Å². The predicted octanol–water partition coefficient (Wildman–Crippen LogP) is 3.59. The SMILES string of the molecule is CCCCCl.c1ccc2[nH]cnc2c1. The number of para-hydroxylation sites is 2. The molecule has 0 amide bonds. The molecule has 0 fully saturated rings. The van der Waals surface area contributed by atoms with Gasteiger partial charge in [-0.3, -0.25) is 0 Å². The molecular formula is C11H15ClN2. The maximum absolute atomic E-state index is 5.30. The number of imidazole rings is 1. The monoisotopic (exact) mass is 210 g/mol. The van der Waals surface area contributed by atoms with Crippen molar-refractivity contribution in [1.82, 2.24) is 9.97 Å². The molecule has 2 nitrogen and oxygen atoms in total. The van der Waals surface area contributed by atoms with Crippen molar-refractivity contribution in [2.24, 2.45) is 0 Å². The number of nitrogens with one attached hydrogen (secondary N) is 1. The molecule has 2 rings (SSSR count). The Morgan fingerprint density at radius 3 is 2.71 bits per heavy atom. The third-order valence-corrected chi connectivity index (χ3v) is 2.08. The van der Waals surface area contributed by atoms with Crippen LogP contribution in [0.3, 0.4) is 0 Å². The van der Waals surface area contributed by atoms with Crippen LogP contribution in [0.15, 0.2) is 30.6 Å². The number of fused-ring (bicyclic) bond motifs is 1. The molecule has 0 saturated heterocycles. The van der Waals surface area contributed by atoms with E-state index in [0.717, 1.165) is 23.3 Å². The average molecular weight is 211 g/mol. The molecule has 76 valence electrons. The molecule has 2 aromatic rings. The zero-order valence-corrected chi connectivity index (χ0v) is 9.09. The van der Waals surface area contributed by atoms with E-state index >= 15 is 0 Å². The van der Waals surface area contributed by atoms with Gasteiger partial charge in [-0.05, 0) is 18.6 Å². The summed E-state index contributed by atoms with van der Waals surface area (Å²) in [4.78, 5) is 7.07. The van der Waals surface area contributed by atoms with Crippen molar-refractivity contribution in [3.63, 3.8) is 0 Å². The fraction of sp³-hybridized carbons (Fsp3) is 0.364. The van der Waals surface area contributed by atoms with Crippen LogP contribution in [0, 0.1) is 0 Å². The lowest BCUT2D eigenvalue weighted by atomic mass is 10.3. The molecule has 0 spiro atoms. The van der Waals surface area contributed by atoms with Crippen molar-refractivity contribution in [2.75, 3.05) is 5.88 Å². The molecule has 0 aliphatic heterocycles. The number of nitrogens with zero attached hydrogens (tertiary/aromatic N) is 1. The molecule has 1 N–H and O–H groups in total. The maximum atomic E-state index is 5.30. The second-order valence-corrected chi connectivity index (χ2v) is 3.34. The minimum absolute atomic E-state index is 0.816. The minimum Gasteiger partial charge on any atom is -0.345 e. The zero-order chi connectivity index (χ0) is 10.2. The number of hydrogen-bond acceptors (Lipinski definition) is 1. The lowest BCUT2D eigenvalue weighted by Gasteiger charge is -1.81. The highest BCUT2D eigenvalue weighted by atomic mass is 35.5. The number of alkyl halides is 1. The molecule has 1 aromatic carbocycles. The molecule has 1 heterocycles. The molecule has 0 aliphatic carbocycles. The van der Waals surface area contributed by atoms with E-state index in [2.05, 4.69) is 16.9 Å². The Balaban J connectivity index is 0.000000171. The quantitative estimate of drug-likeness (QED) is 0.755. The first kappa shape index (κ1) is 11.1. The molecular weight excluding hydrogens is 196 g/mol. The maximum Gasteiger partial charge on any atom is 0.0931 e. The standard InChI is InChI=1S/C7H6N2.C4H9Cl/c1-2-4-7-6(3-1)8-5-9-7;1-2-3-4-5/h1-5H,(H,8,9);2-4H2,1H3. The van der Waals surface area contributed by atoms with Gasteiger partial charge in [-0.15, -0.1) is 11.6 Å². The summed E-state index contributed by atoms with van der Waals surface area (Å²) < 4.78 is 0. The third-order valence-electron chi connectivity index (χ3n) is 1.81. The number of aromatic amines is 1. The van der Waals surface area contributed by atoms with Crippen molar-refractivity contribution in [1.29, 1.82) is 0 Å². The fourth-order valence-electron chi connectivity index (χ4n) is 1.01. The molecule has 1 aromatic heterocycles. The van der Waals surface area contributed by atoms with Gasteiger partial charge < -0.3 is 4.98 Å². The number of aromatic nitrogens is 2. The van der Waals surface area contributed by atoms with Crippen LogP contribution >= 0.6 is 11.6 Å². The van der Waals surface area contributed by atoms with Gasteiger partial charge in [0.05, 0.1) is 17.4 Å². The average Bonchev–Trinajstić information content (AvgIpc) is 2.67. The van der Waals surface area contributed by atoms with Crippen LogP contribution in [0.1, 0.15) is 19.8 Å². The Morgan fingerprint density at radius 2 is 2.14 bits per heavy atom. The van der Waals surface area contributed by atoms with Crippen molar-refractivity contribution in [3.05, 3.63) is 30.6 Å². The van der Waals surface area contributed by atoms with Gasteiger partial charge in [0, 0.05) is 5.88 Å². The largest absolute Gasteiger partial charge is 0.345 e. The molecule has 0 bridgehead atoms. The second-order valence-electron chi connectivity index (χ2n) is 2.96. The van der Waals surface area contributed by atoms with Crippen LogP contribution in [0.4, 0.5) is 0 Å². The molecule has 3 heteroatoms. The Morgan fingerprint density at radius 1 is 1.36 bits per heavy atom. The van der Waals surface area contributed by atoms with E-state index in [4.69, 9.17) is 11.6 Å². The predicted molar refractivity (Wildman–Crippen MR) is 61.7 cm³/mol. The van der Waals surface area contributed by atoms with Crippen LogP contribution < -0.4 is 0 Å². The number of hydrogen-bond donors (Lipinski definition) is 1. The lowest BCUT2D eigenvalue weighted by molar-refractivity contribution is 0.892. The van der Waals surface area contributed by atoms with Crippen molar-refractivity contribution >= 4 is 22.6 Å². The van der Waals surface area contributed by atoms with E-state index in [-0.39, 0.29) is 0 Å². The van der Waals surface area contributed by atoms with Gasteiger partial charge in [0.25, 0.3) is 0 Å². The first-order valence-corrected chi connectivity index (χ1v) is 5.36. The van der Waals surface area contributed by atoms with E-state index < -0.39 is 0 Å². The summed E-state index contributed by atoms with van der Waals surface area (Å²) in [7, 11) is 0. The Labute approximate surface area is 89.3 Å². The Kier molecular flexibility index (Phi) is 5.08. The van der Waals surface area contributed by atoms with Gasteiger partial charge in [0.2, 0.25) is 0 Å². The molecule has 0 saturated carbocycles. The van der Waals surface area contributed by atoms with Crippen LogP contribution in [-0.4, -0.2) is 15.8 Å². The van der Waals surface area contributed by atoms with Crippen molar-refractivity contribution < 1.29 is 0 Å². The number of H-pyrrole nitrogens is 1. The van der Waals surface area contributed by atoms with Crippen LogP contribution in [-0.2, 0) is 0 Å². The summed E-state index contributed by atoms with van der Waals surface area (Å²) >= 11 is 5.30. The molecule has 14 heavy (non-hydrogen) atoms. The fourth-order valence-corrected chi connectivity index (χ4v) is 1.28. The smallest absolute Gasteiger partial charge is 0.0931 e. The van der Waals surface area contributed by atoms with Gasteiger partial charge >= 0.3 is 0 Å². The van der Waals surface area contributed by atoms with E-state index in [1.54, 1.807) is 6.33 Å². The van der Waals surface area contributed by atoms with Gasteiger partial charge in [-0.1, -0.05) is 25.5 Å². The summed E-state index contributed by atoms with van der Waals surface area (Å²) in [6.07, 6.45) is 4.07. The number of halogens is 1.